The van der Waals surface area contributed by atoms with Gasteiger partial charge in [0.1, 0.15) is 5.82 Å². The van der Waals surface area contributed by atoms with Crippen molar-refractivity contribution in [3.8, 4) is 0 Å². The van der Waals surface area contributed by atoms with Gasteiger partial charge < -0.3 is 10.3 Å². The summed E-state index contributed by atoms with van der Waals surface area (Å²) in [5.41, 5.74) is 1.96. The fourth-order valence-electron chi connectivity index (χ4n) is 3.85. The summed E-state index contributed by atoms with van der Waals surface area (Å²) in [6.45, 7) is 1.24. The number of nitrogens with zero attached hydrogens (tertiary/aromatic N) is 2. The molecule has 9 heteroatoms. The molecule has 0 saturated carbocycles. The second kappa shape index (κ2) is 9.38. The summed E-state index contributed by atoms with van der Waals surface area (Å²) in [7, 11) is -3.56. The summed E-state index contributed by atoms with van der Waals surface area (Å²) >= 11 is 5.85. The van der Waals surface area contributed by atoms with Crippen LogP contribution in [0.15, 0.2) is 53.4 Å². The number of hydrogen-bond acceptors (Lipinski definition) is 4. The van der Waals surface area contributed by atoms with Gasteiger partial charge in [-0.1, -0.05) is 23.7 Å². The van der Waals surface area contributed by atoms with Gasteiger partial charge in [0.05, 0.1) is 15.9 Å². The Labute approximate surface area is 186 Å². The number of nitrogens with one attached hydrogen (secondary N) is 2. The minimum atomic E-state index is -3.56. The molecule has 4 rings (SSSR count). The van der Waals surface area contributed by atoms with Crippen LogP contribution < -0.4 is 5.32 Å². The third-order valence-corrected chi connectivity index (χ3v) is 7.77. The second-order valence-electron chi connectivity index (χ2n) is 7.73. The van der Waals surface area contributed by atoms with Crippen LogP contribution in [0.1, 0.15) is 25.1 Å². The Balaban J connectivity index is 1.22. The topological polar surface area (TPSA) is 95.2 Å². The Hall–Kier alpha value is -2.42. The van der Waals surface area contributed by atoms with Gasteiger partial charge in [-0.2, -0.15) is 4.31 Å². The Bertz CT molecular complexity index is 1120. The molecule has 31 heavy (non-hydrogen) atoms. The van der Waals surface area contributed by atoms with Crippen molar-refractivity contribution in [2.75, 3.05) is 19.6 Å². The lowest BCUT2D eigenvalue weighted by atomic mass is 9.97. The Morgan fingerprint density at radius 1 is 1.13 bits per heavy atom. The molecule has 2 heterocycles. The highest BCUT2D eigenvalue weighted by Gasteiger charge is 2.31. The minimum Gasteiger partial charge on any atom is -0.356 e. The van der Waals surface area contributed by atoms with Crippen LogP contribution in [0.4, 0.5) is 0 Å². The molecule has 1 aliphatic heterocycles. The molecule has 0 aliphatic carbocycles. The zero-order chi connectivity index (χ0) is 21.8. The molecule has 1 amide bonds. The van der Waals surface area contributed by atoms with E-state index >= 15 is 0 Å². The highest BCUT2D eigenvalue weighted by Crippen LogP contribution is 2.25. The number of sulfonamides is 1. The van der Waals surface area contributed by atoms with Gasteiger partial charge in [-0.3, -0.25) is 4.79 Å². The summed E-state index contributed by atoms with van der Waals surface area (Å²) in [6, 6.07) is 14.1. The van der Waals surface area contributed by atoms with Crippen molar-refractivity contribution in [3.05, 3.63) is 59.4 Å². The first-order valence-corrected chi connectivity index (χ1v) is 12.2. The average molecular weight is 461 g/mol. The zero-order valence-corrected chi connectivity index (χ0v) is 18.6. The van der Waals surface area contributed by atoms with E-state index in [1.807, 2.05) is 24.3 Å². The molecule has 0 unspecified atom stereocenters. The van der Waals surface area contributed by atoms with E-state index in [2.05, 4.69) is 15.3 Å². The van der Waals surface area contributed by atoms with E-state index in [1.54, 1.807) is 12.1 Å². The fraction of sp³-hybridized carbons (Fsp3) is 0.364. The highest BCUT2D eigenvalue weighted by atomic mass is 35.5. The monoisotopic (exact) mass is 460 g/mol. The van der Waals surface area contributed by atoms with Crippen LogP contribution in [0.5, 0.6) is 0 Å². The molecule has 2 N–H and O–H groups in total. The zero-order valence-electron chi connectivity index (χ0n) is 17.1. The number of carbonyl (C=O) groups excluding carboxylic acids is 1. The maximum absolute atomic E-state index is 12.8. The first-order chi connectivity index (χ1) is 14.9. The molecule has 1 aliphatic rings. The van der Waals surface area contributed by atoms with Gasteiger partial charge in [0.2, 0.25) is 15.9 Å². The van der Waals surface area contributed by atoms with E-state index < -0.39 is 10.0 Å². The molecule has 0 spiro atoms. The summed E-state index contributed by atoms with van der Waals surface area (Å²) in [5.74, 6) is 0.743. The molecule has 3 aromatic rings. The van der Waals surface area contributed by atoms with Gasteiger partial charge >= 0.3 is 0 Å². The van der Waals surface area contributed by atoms with Gasteiger partial charge in [0, 0.05) is 37.0 Å². The Morgan fingerprint density at radius 3 is 2.55 bits per heavy atom. The van der Waals surface area contributed by atoms with Gasteiger partial charge in [-0.05, 0) is 55.7 Å². The quantitative estimate of drug-likeness (QED) is 0.528. The summed E-state index contributed by atoms with van der Waals surface area (Å²) in [4.78, 5) is 20.6. The fourth-order valence-corrected chi connectivity index (χ4v) is 5.45. The molecule has 1 saturated heterocycles. The van der Waals surface area contributed by atoms with Gasteiger partial charge in [0.25, 0.3) is 0 Å². The molecular formula is C22H25ClN4O3S. The van der Waals surface area contributed by atoms with Crippen molar-refractivity contribution in [2.24, 2.45) is 5.92 Å². The number of para-hydroxylation sites is 2. The number of hydrogen-bond donors (Lipinski definition) is 2. The smallest absolute Gasteiger partial charge is 0.243 e. The minimum absolute atomic E-state index is 0.00635. The van der Waals surface area contributed by atoms with E-state index in [0.29, 0.717) is 37.5 Å². The highest BCUT2D eigenvalue weighted by molar-refractivity contribution is 7.89. The summed E-state index contributed by atoms with van der Waals surface area (Å²) in [5, 5.41) is 3.48. The molecule has 0 bridgehead atoms. The maximum Gasteiger partial charge on any atom is 0.243 e. The SMILES string of the molecule is O=C(NCCCc1nc2ccccc2[nH]1)C1CCN(S(=O)(=O)c2ccc(Cl)cc2)CC1. The van der Waals surface area contributed by atoms with E-state index in [9.17, 15) is 13.2 Å². The van der Waals surface area contributed by atoms with Crippen LogP contribution in [0, 0.1) is 5.92 Å². The number of benzene rings is 2. The van der Waals surface area contributed by atoms with Crippen LogP contribution >= 0.6 is 11.6 Å². The van der Waals surface area contributed by atoms with Crippen molar-refractivity contribution in [1.82, 2.24) is 19.6 Å². The van der Waals surface area contributed by atoms with Crippen LogP contribution in [0.2, 0.25) is 5.02 Å². The normalized spacial score (nSPS) is 15.9. The largest absolute Gasteiger partial charge is 0.356 e. The Kier molecular flexibility index (Phi) is 6.60. The number of imidazole rings is 1. The number of piperidine rings is 1. The van der Waals surface area contributed by atoms with Crippen molar-refractivity contribution >= 4 is 38.6 Å². The van der Waals surface area contributed by atoms with Crippen LogP contribution in [-0.2, 0) is 21.2 Å². The van der Waals surface area contributed by atoms with E-state index in [1.165, 1.54) is 16.4 Å². The molecule has 0 atom stereocenters. The molecule has 0 radical (unpaired) electrons. The lowest BCUT2D eigenvalue weighted by Gasteiger charge is -2.30. The third kappa shape index (κ3) is 5.08. The molecule has 164 valence electrons. The number of aromatic amines is 1. The van der Waals surface area contributed by atoms with Gasteiger partial charge in [-0.25, -0.2) is 13.4 Å². The predicted octanol–water partition coefficient (Wildman–Crippen LogP) is 3.37. The number of amides is 1. The van der Waals surface area contributed by atoms with E-state index in [-0.39, 0.29) is 16.7 Å². The molecule has 1 aromatic heterocycles. The number of fused-ring (bicyclic) bond motifs is 1. The third-order valence-electron chi connectivity index (χ3n) is 5.60. The summed E-state index contributed by atoms with van der Waals surface area (Å²) < 4.78 is 27.0. The van der Waals surface area contributed by atoms with E-state index in [4.69, 9.17) is 11.6 Å². The van der Waals surface area contributed by atoms with Crippen molar-refractivity contribution < 1.29 is 13.2 Å². The molecule has 2 aromatic carbocycles. The lowest BCUT2D eigenvalue weighted by molar-refractivity contribution is -0.126. The first kappa shape index (κ1) is 21.8. The van der Waals surface area contributed by atoms with Crippen molar-refractivity contribution in [2.45, 2.75) is 30.6 Å². The molecule has 1 fully saturated rings. The first-order valence-electron chi connectivity index (χ1n) is 10.4. The van der Waals surface area contributed by atoms with Crippen LogP contribution in [-0.4, -0.2) is 48.2 Å². The summed E-state index contributed by atoms with van der Waals surface area (Å²) in [6.07, 6.45) is 2.58. The van der Waals surface area contributed by atoms with Crippen molar-refractivity contribution in [3.63, 3.8) is 0 Å². The number of rotatable bonds is 7. The number of halogens is 1. The number of aromatic nitrogens is 2. The lowest BCUT2D eigenvalue weighted by Crippen LogP contribution is -2.43. The van der Waals surface area contributed by atoms with Crippen LogP contribution in [0.3, 0.4) is 0 Å². The van der Waals surface area contributed by atoms with Crippen molar-refractivity contribution in [1.29, 1.82) is 0 Å². The average Bonchev–Trinajstić information content (AvgIpc) is 3.20. The maximum atomic E-state index is 12.8. The standard InChI is InChI=1S/C22H25ClN4O3S/c23-17-7-9-18(10-8-17)31(29,30)27-14-11-16(12-15-27)22(28)24-13-3-6-21-25-19-4-1-2-5-20(19)26-21/h1-2,4-5,7-10,16H,3,6,11-15H2,(H,24,28)(H,25,26). The molecule has 7 nitrogen and oxygen atoms in total. The Morgan fingerprint density at radius 2 is 1.84 bits per heavy atom. The number of H-pyrrole nitrogens is 1. The second-order valence-corrected chi connectivity index (χ2v) is 10.1. The van der Waals surface area contributed by atoms with Gasteiger partial charge in [-0.15, -0.1) is 0 Å². The van der Waals surface area contributed by atoms with Gasteiger partial charge in [0.15, 0.2) is 0 Å². The number of carbonyl (C=O) groups is 1. The van der Waals surface area contributed by atoms with Crippen LogP contribution in [0.25, 0.3) is 11.0 Å². The number of aryl methyl sites for hydroxylation is 1. The van der Waals surface area contributed by atoms with E-state index in [0.717, 1.165) is 29.7 Å². The predicted molar refractivity (Wildman–Crippen MR) is 120 cm³/mol. The molecular weight excluding hydrogens is 436 g/mol.